The van der Waals surface area contributed by atoms with Gasteiger partial charge in [-0.25, -0.2) is 0 Å². The highest BCUT2D eigenvalue weighted by Crippen LogP contribution is 2.33. The normalized spacial score (nSPS) is 18.7. The van der Waals surface area contributed by atoms with Gasteiger partial charge < -0.3 is 24.8 Å². The van der Waals surface area contributed by atoms with Gasteiger partial charge in [-0.2, -0.15) is 0 Å². The molecular weight excluding hydrogens is 440 g/mol. The van der Waals surface area contributed by atoms with Gasteiger partial charge in [0.2, 0.25) is 5.91 Å². The van der Waals surface area contributed by atoms with E-state index < -0.39 is 0 Å². The van der Waals surface area contributed by atoms with Crippen LogP contribution in [0.1, 0.15) is 48.9 Å². The van der Waals surface area contributed by atoms with Crippen molar-refractivity contribution in [3.05, 3.63) is 48.0 Å². The fourth-order valence-corrected chi connectivity index (χ4v) is 5.32. The van der Waals surface area contributed by atoms with Gasteiger partial charge in [0, 0.05) is 56.6 Å². The predicted octanol–water partition coefficient (Wildman–Crippen LogP) is 4.39. The van der Waals surface area contributed by atoms with E-state index in [0.29, 0.717) is 5.56 Å². The molecule has 1 saturated carbocycles. The average molecular weight is 477 g/mol. The molecule has 0 unspecified atom stereocenters. The molecule has 5 rings (SSSR count). The van der Waals surface area contributed by atoms with Crippen LogP contribution < -0.4 is 19.9 Å². The lowest BCUT2D eigenvalue weighted by Crippen LogP contribution is -2.47. The molecule has 0 atom stereocenters. The zero-order valence-corrected chi connectivity index (χ0v) is 20.7. The van der Waals surface area contributed by atoms with E-state index >= 15 is 0 Å². The van der Waals surface area contributed by atoms with Crippen LogP contribution in [-0.2, 0) is 4.79 Å². The minimum atomic E-state index is 0.0748. The number of piperazine rings is 1. The molecule has 2 saturated heterocycles. The number of methoxy groups -OCH3 is 1. The molecule has 2 aliphatic heterocycles. The number of para-hydroxylation sites is 2. The second kappa shape index (κ2) is 10.6. The standard InChI is InChI=1S/C28H36N4O3/c1-35-26-11-4-3-10-25(26)31-18-16-30(17-19-31)24-13-12-22(29-27(33)21-8-7-9-21)20-23(24)28(34)32-14-5-2-6-15-32/h3-4,10-13,20-21H,2,5-9,14-19H2,1H3,(H,29,33). The number of benzene rings is 2. The molecule has 0 spiro atoms. The molecule has 35 heavy (non-hydrogen) atoms. The number of carbonyl (C=O) groups is 2. The average Bonchev–Trinajstić information content (AvgIpc) is 2.88. The molecule has 1 aliphatic carbocycles. The van der Waals surface area contributed by atoms with Crippen molar-refractivity contribution in [3.63, 3.8) is 0 Å². The summed E-state index contributed by atoms with van der Waals surface area (Å²) in [7, 11) is 1.71. The van der Waals surface area contributed by atoms with Crippen molar-refractivity contribution in [1.82, 2.24) is 4.90 Å². The molecule has 3 aliphatic rings. The minimum absolute atomic E-state index is 0.0748. The van der Waals surface area contributed by atoms with Crippen LogP contribution in [0.15, 0.2) is 42.5 Å². The molecule has 2 aromatic rings. The van der Waals surface area contributed by atoms with Crippen LogP contribution >= 0.6 is 0 Å². The Labute approximate surface area is 208 Å². The molecule has 2 amide bonds. The maximum Gasteiger partial charge on any atom is 0.256 e. The number of nitrogens with one attached hydrogen (secondary N) is 1. The van der Waals surface area contributed by atoms with Crippen molar-refractivity contribution in [2.75, 3.05) is 61.5 Å². The van der Waals surface area contributed by atoms with Gasteiger partial charge in [0.05, 0.1) is 18.4 Å². The molecule has 2 heterocycles. The number of piperidine rings is 1. The Hall–Kier alpha value is -3.22. The van der Waals surface area contributed by atoms with E-state index in [0.717, 1.165) is 94.2 Å². The first-order valence-corrected chi connectivity index (χ1v) is 13.0. The molecule has 0 aromatic heterocycles. The maximum atomic E-state index is 13.6. The molecule has 0 bridgehead atoms. The molecule has 1 N–H and O–H groups in total. The minimum Gasteiger partial charge on any atom is -0.495 e. The third-order valence-corrected chi connectivity index (χ3v) is 7.66. The maximum absolute atomic E-state index is 13.6. The van der Waals surface area contributed by atoms with E-state index in [9.17, 15) is 9.59 Å². The summed E-state index contributed by atoms with van der Waals surface area (Å²) in [6.07, 6.45) is 6.32. The summed E-state index contributed by atoms with van der Waals surface area (Å²) in [5.74, 6) is 1.14. The number of anilines is 3. The summed E-state index contributed by atoms with van der Waals surface area (Å²) >= 11 is 0. The van der Waals surface area contributed by atoms with Crippen LogP contribution in [0.4, 0.5) is 17.1 Å². The quantitative estimate of drug-likeness (QED) is 0.670. The van der Waals surface area contributed by atoms with E-state index in [1.807, 2.05) is 41.3 Å². The Kier molecular flexibility index (Phi) is 7.11. The van der Waals surface area contributed by atoms with Gasteiger partial charge in [-0.3, -0.25) is 9.59 Å². The Balaban J connectivity index is 1.36. The Bertz CT molecular complexity index is 1050. The van der Waals surface area contributed by atoms with E-state index in [2.05, 4.69) is 21.2 Å². The summed E-state index contributed by atoms with van der Waals surface area (Å²) in [5, 5.41) is 3.06. The topological polar surface area (TPSA) is 65.1 Å². The number of nitrogens with zero attached hydrogens (tertiary/aromatic N) is 3. The number of carbonyl (C=O) groups excluding carboxylic acids is 2. The fourth-order valence-electron chi connectivity index (χ4n) is 5.32. The molecule has 7 heteroatoms. The van der Waals surface area contributed by atoms with E-state index in [1.165, 1.54) is 6.42 Å². The first-order valence-electron chi connectivity index (χ1n) is 13.0. The van der Waals surface area contributed by atoms with Crippen molar-refractivity contribution in [2.24, 2.45) is 5.92 Å². The second-order valence-electron chi connectivity index (χ2n) is 9.85. The third kappa shape index (κ3) is 5.09. The van der Waals surface area contributed by atoms with E-state index in [1.54, 1.807) is 7.11 Å². The first-order chi connectivity index (χ1) is 17.1. The molecule has 3 fully saturated rings. The van der Waals surface area contributed by atoms with Gasteiger partial charge in [0.1, 0.15) is 5.75 Å². The number of hydrogen-bond acceptors (Lipinski definition) is 5. The summed E-state index contributed by atoms with van der Waals surface area (Å²) in [5.41, 5.74) is 3.48. The summed E-state index contributed by atoms with van der Waals surface area (Å²) in [4.78, 5) is 32.8. The van der Waals surface area contributed by atoms with Crippen molar-refractivity contribution in [2.45, 2.75) is 38.5 Å². The lowest BCUT2D eigenvalue weighted by molar-refractivity contribution is -0.122. The highest BCUT2D eigenvalue weighted by molar-refractivity contribution is 6.02. The predicted molar refractivity (Wildman–Crippen MR) is 140 cm³/mol. The zero-order valence-electron chi connectivity index (χ0n) is 20.7. The zero-order chi connectivity index (χ0) is 24.2. The fraction of sp³-hybridized carbons (Fsp3) is 0.500. The van der Waals surface area contributed by atoms with Crippen molar-refractivity contribution < 1.29 is 14.3 Å². The Morgan fingerprint density at radius 3 is 2.17 bits per heavy atom. The first kappa shape index (κ1) is 23.5. The number of hydrogen-bond donors (Lipinski definition) is 1. The van der Waals surface area contributed by atoms with Crippen LogP contribution in [0.5, 0.6) is 5.75 Å². The smallest absolute Gasteiger partial charge is 0.256 e. The lowest BCUT2D eigenvalue weighted by atomic mass is 9.85. The highest BCUT2D eigenvalue weighted by atomic mass is 16.5. The van der Waals surface area contributed by atoms with Crippen LogP contribution in [0.25, 0.3) is 0 Å². The van der Waals surface area contributed by atoms with E-state index in [4.69, 9.17) is 4.74 Å². The monoisotopic (exact) mass is 476 g/mol. The molecule has 7 nitrogen and oxygen atoms in total. The van der Waals surface area contributed by atoms with E-state index in [-0.39, 0.29) is 17.7 Å². The number of ether oxygens (including phenoxy) is 1. The molecule has 0 radical (unpaired) electrons. The number of rotatable bonds is 6. The number of amides is 2. The van der Waals surface area contributed by atoms with Gasteiger partial charge in [-0.15, -0.1) is 0 Å². The van der Waals surface area contributed by atoms with Gasteiger partial charge in [-0.05, 0) is 62.4 Å². The van der Waals surface area contributed by atoms with Crippen LogP contribution in [0.2, 0.25) is 0 Å². The van der Waals surface area contributed by atoms with Crippen molar-refractivity contribution in [3.8, 4) is 5.75 Å². The van der Waals surface area contributed by atoms with Crippen molar-refractivity contribution >= 4 is 28.9 Å². The van der Waals surface area contributed by atoms with Crippen LogP contribution in [0.3, 0.4) is 0 Å². The Morgan fingerprint density at radius 1 is 0.829 bits per heavy atom. The largest absolute Gasteiger partial charge is 0.495 e. The lowest BCUT2D eigenvalue weighted by Gasteiger charge is -2.39. The summed E-state index contributed by atoms with van der Waals surface area (Å²) < 4.78 is 5.56. The molecular formula is C28H36N4O3. The van der Waals surface area contributed by atoms with Crippen molar-refractivity contribution in [1.29, 1.82) is 0 Å². The van der Waals surface area contributed by atoms with Crippen LogP contribution in [0, 0.1) is 5.92 Å². The van der Waals surface area contributed by atoms with Gasteiger partial charge in [-0.1, -0.05) is 18.6 Å². The summed E-state index contributed by atoms with van der Waals surface area (Å²) in [6.45, 7) is 4.92. The summed E-state index contributed by atoms with van der Waals surface area (Å²) in [6, 6.07) is 14.0. The SMILES string of the molecule is COc1ccccc1N1CCN(c2ccc(NC(=O)C3CCC3)cc2C(=O)N2CCCCC2)CC1. The van der Waals surface area contributed by atoms with Gasteiger partial charge in [0.15, 0.2) is 0 Å². The second-order valence-corrected chi connectivity index (χ2v) is 9.85. The Morgan fingerprint density at radius 2 is 1.51 bits per heavy atom. The highest BCUT2D eigenvalue weighted by Gasteiger charge is 2.28. The number of likely N-dealkylation sites (tertiary alicyclic amines) is 1. The molecule has 186 valence electrons. The van der Waals surface area contributed by atoms with Crippen LogP contribution in [-0.4, -0.2) is 63.1 Å². The third-order valence-electron chi connectivity index (χ3n) is 7.66. The van der Waals surface area contributed by atoms with Gasteiger partial charge in [0.25, 0.3) is 5.91 Å². The molecule has 2 aromatic carbocycles. The van der Waals surface area contributed by atoms with Gasteiger partial charge >= 0.3 is 0 Å².